The number of halogens is 1. The van der Waals surface area contributed by atoms with E-state index in [2.05, 4.69) is 0 Å². The van der Waals surface area contributed by atoms with Gasteiger partial charge < -0.3 is 14.2 Å². The summed E-state index contributed by atoms with van der Waals surface area (Å²) in [5, 5.41) is 0.380. The molecule has 1 aromatic heterocycles. The number of nitrogens with zero attached hydrogens (tertiary/aromatic N) is 2. The summed E-state index contributed by atoms with van der Waals surface area (Å²) in [4.78, 5) is 14.6. The molecule has 1 fully saturated rings. The molecule has 1 aliphatic heterocycles. The Labute approximate surface area is 135 Å². The van der Waals surface area contributed by atoms with Crippen LogP contribution in [0.5, 0.6) is 5.75 Å². The third kappa shape index (κ3) is 2.38. The van der Waals surface area contributed by atoms with Crippen LogP contribution in [0.1, 0.15) is 30.5 Å². The fourth-order valence-corrected chi connectivity index (χ4v) is 3.50. The lowest BCUT2D eigenvalue weighted by Crippen LogP contribution is -2.31. The minimum atomic E-state index is -0.378. The van der Waals surface area contributed by atoms with E-state index in [1.165, 1.54) is 12.5 Å². The van der Waals surface area contributed by atoms with Crippen LogP contribution in [-0.2, 0) is 7.05 Å². The second-order valence-corrected chi connectivity index (χ2v) is 6.28. The van der Waals surface area contributed by atoms with Gasteiger partial charge in [-0.2, -0.15) is 0 Å². The molecule has 23 heavy (non-hydrogen) atoms. The molecular formula is C18H23FN2O2. The van der Waals surface area contributed by atoms with Gasteiger partial charge in [0.05, 0.1) is 18.0 Å². The van der Waals surface area contributed by atoms with Crippen molar-refractivity contribution < 1.29 is 9.13 Å². The Kier molecular flexibility index (Phi) is 4.04. The average Bonchev–Trinajstić information content (AvgIpc) is 2.57. The van der Waals surface area contributed by atoms with Crippen molar-refractivity contribution in [3.8, 4) is 5.75 Å². The number of pyridine rings is 1. The second-order valence-electron chi connectivity index (χ2n) is 6.28. The summed E-state index contributed by atoms with van der Waals surface area (Å²) in [5.41, 5.74) is 2.54. The number of hydrogen-bond donors (Lipinski definition) is 0. The first kappa shape index (κ1) is 15.8. The van der Waals surface area contributed by atoms with Crippen LogP contribution >= 0.6 is 0 Å². The molecular weight excluding hydrogens is 295 g/mol. The van der Waals surface area contributed by atoms with Crippen molar-refractivity contribution in [1.29, 1.82) is 0 Å². The van der Waals surface area contributed by atoms with Crippen LogP contribution in [0.4, 0.5) is 10.1 Å². The minimum Gasteiger partial charge on any atom is -0.492 e. The lowest BCUT2D eigenvalue weighted by atomic mass is 10.0. The maximum Gasteiger partial charge on any atom is 0.192 e. The number of benzene rings is 1. The summed E-state index contributed by atoms with van der Waals surface area (Å²) in [6.45, 7) is 5.31. The molecule has 2 heterocycles. The maximum absolute atomic E-state index is 14.8. The van der Waals surface area contributed by atoms with Crippen molar-refractivity contribution in [2.24, 2.45) is 7.05 Å². The van der Waals surface area contributed by atoms with Gasteiger partial charge in [-0.3, -0.25) is 4.79 Å². The van der Waals surface area contributed by atoms with Crippen LogP contribution in [0.15, 0.2) is 10.9 Å². The highest BCUT2D eigenvalue weighted by Crippen LogP contribution is 2.39. The van der Waals surface area contributed by atoms with Crippen molar-refractivity contribution in [3.63, 3.8) is 0 Å². The number of rotatable bonds is 2. The van der Waals surface area contributed by atoms with Crippen LogP contribution < -0.4 is 15.1 Å². The first-order valence-electron chi connectivity index (χ1n) is 8.08. The smallest absolute Gasteiger partial charge is 0.192 e. The molecule has 1 aliphatic rings. The van der Waals surface area contributed by atoms with Crippen molar-refractivity contribution in [2.75, 3.05) is 25.1 Å². The standard InChI is InChI=1S/C18H23FN2O2/c1-11-12(2)20(3)15-13(17(11)22)10-14(19)16(18(15)23-4)21-8-6-5-7-9-21/h10H,5-9H2,1-4H3. The SMILES string of the molecule is COc1c(N2CCCCC2)c(F)cc2c(=O)c(C)c(C)n(C)c12. The Bertz CT molecular complexity index is 820. The fourth-order valence-electron chi connectivity index (χ4n) is 3.50. The van der Waals surface area contributed by atoms with Gasteiger partial charge in [-0.1, -0.05) is 0 Å². The Morgan fingerprint density at radius 3 is 2.43 bits per heavy atom. The van der Waals surface area contributed by atoms with Crippen LogP contribution in [0.3, 0.4) is 0 Å². The number of ether oxygens (including phenoxy) is 1. The normalized spacial score (nSPS) is 15.3. The molecule has 124 valence electrons. The Balaban J connectivity index is 2.39. The predicted octanol–water partition coefficient (Wildman–Crippen LogP) is 3.29. The minimum absolute atomic E-state index is 0.127. The molecule has 0 aliphatic carbocycles. The van der Waals surface area contributed by atoms with E-state index in [1.807, 2.05) is 23.4 Å². The Hall–Kier alpha value is -2.04. The number of hydrogen-bond acceptors (Lipinski definition) is 3. The highest BCUT2D eigenvalue weighted by atomic mass is 19.1. The summed E-state index contributed by atoms with van der Waals surface area (Å²) in [5.74, 6) is 0.0844. The summed E-state index contributed by atoms with van der Waals surface area (Å²) >= 11 is 0. The summed E-state index contributed by atoms with van der Waals surface area (Å²) in [7, 11) is 3.44. The predicted molar refractivity (Wildman–Crippen MR) is 91.2 cm³/mol. The zero-order chi connectivity index (χ0) is 16.7. The number of methoxy groups -OCH3 is 1. The van der Waals surface area contributed by atoms with Gasteiger partial charge in [0.25, 0.3) is 0 Å². The van der Waals surface area contributed by atoms with Crippen molar-refractivity contribution in [2.45, 2.75) is 33.1 Å². The summed E-state index contributed by atoms with van der Waals surface area (Å²) in [6.07, 6.45) is 3.27. The molecule has 1 aromatic carbocycles. The lowest BCUT2D eigenvalue weighted by molar-refractivity contribution is 0.411. The van der Waals surface area contributed by atoms with E-state index >= 15 is 0 Å². The molecule has 0 unspecified atom stereocenters. The number of anilines is 1. The highest BCUT2D eigenvalue weighted by Gasteiger charge is 2.25. The highest BCUT2D eigenvalue weighted by molar-refractivity contribution is 5.92. The molecule has 0 amide bonds. The van der Waals surface area contributed by atoms with E-state index in [9.17, 15) is 9.18 Å². The monoisotopic (exact) mass is 318 g/mol. The first-order chi connectivity index (χ1) is 11.0. The molecule has 1 saturated heterocycles. The van der Waals surface area contributed by atoms with E-state index in [4.69, 9.17) is 4.74 Å². The number of fused-ring (bicyclic) bond motifs is 1. The molecule has 0 spiro atoms. The van der Waals surface area contributed by atoms with Crippen LogP contribution in [0.2, 0.25) is 0 Å². The average molecular weight is 318 g/mol. The maximum atomic E-state index is 14.8. The molecule has 4 nitrogen and oxygen atoms in total. The molecule has 0 N–H and O–H groups in total. The Morgan fingerprint density at radius 2 is 1.83 bits per heavy atom. The number of aromatic nitrogens is 1. The third-order valence-electron chi connectivity index (χ3n) is 5.03. The van der Waals surface area contributed by atoms with E-state index in [0.29, 0.717) is 27.9 Å². The third-order valence-corrected chi connectivity index (χ3v) is 5.03. The number of piperidine rings is 1. The van der Waals surface area contributed by atoms with Gasteiger partial charge >= 0.3 is 0 Å². The first-order valence-corrected chi connectivity index (χ1v) is 8.08. The topological polar surface area (TPSA) is 34.5 Å². The van der Waals surface area contributed by atoms with Crippen LogP contribution in [-0.4, -0.2) is 24.8 Å². The van der Waals surface area contributed by atoms with Gasteiger partial charge in [-0.25, -0.2) is 4.39 Å². The lowest BCUT2D eigenvalue weighted by Gasteiger charge is -2.31. The van der Waals surface area contributed by atoms with E-state index in [0.717, 1.165) is 31.6 Å². The summed E-state index contributed by atoms with van der Waals surface area (Å²) < 4.78 is 22.3. The molecule has 2 aromatic rings. The van der Waals surface area contributed by atoms with Crippen LogP contribution in [0, 0.1) is 19.7 Å². The molecule has 3 rings (SSSR count). The van der Waals surface area contributed by atoms with Crippen LogP contribution in [0.25, 0.3) is 10.9 Å². The zero-order valence-electron chi connectivity index (χ0n) is 14.2. The molecule has 0 radical (unpaired) electrons. The second kappa shape index (κ2) is 5.87. The van der Waals surface area contributed by atoms with E-state index in [-0.39, 0.29) is 11.2 Å². The largest absolute Gasteiger partial charge is 0.492 e. The molecule has 0 atom stereocenters. The van der Waals surface area contributed by atoms with Crippen molar-refractivity contribution >= 4 is 16.6 Å². The summed E-state index contributed by atoms with van der Waals surface area (Å²) in [6, 6.07) is 1.37. The molecule has 0 bridgehead atoms. The van der Waals surface area contributed by atoms with E-state index in [1.54, 1.807) is 14.0 Å². The van der Waals surface area contributed by atoms with Gasteiger partial charge in [-0.15, -0.1) is 0 Å². The zero-order valence-corrected chi connectivity index (χ0v) is 14.2. The van der Waals surface area contributed by atoms with Crippen molar-refractivity contribution in [1.82, 2.24) is 4.57 Å². The van der Waals surface area contributed by atoms with Gasteiger partial charge in [0, 0.05) is 31.4 Å². The quantitative estimate of drug-likeness (QED) is 0.852. The molecule has 0 saturated carbocycles. The molecule has 5 heteroatoms. The van der Waals surface area contributed by atoms with E-state index < -0.39 is 0 Å². The van der Waals surface area contributed by atoms with Crippen molar-refractivity contribution in [3.05, 3.63) is 33.4 Å². The Morgan fingerprint density at radius 1 is 1.17 bits per heavy atom. The number of aryl methyl sites for hydroxylation is 1. The fraction of sp³-hybridized carbons (Fsp3) is 0.500. The van der Waals surface area contributed by atoms with Gasteiger partial charge in [0.15, 0.2) is 17.0 Å². The van der Waals surface area contributed by atoms with Gasteiger partial charge in [0.1, 0.15) is 5.69 Å². The van der Waals surface area contributed by atoms with Gasteiger partial charge in [0.2, 0.25) is 0 Å². The van der Waals surface area contributed by atoms with Gasteiger partial charge in [-0.05, 0) is 39.2 Å².